The Balaban J connectivity index is 3.18. The Morgan fingerprint density at radius 1 is 1.31 bits per heavy atom. The van der Waals surface area contributed by atoms with Crippen molar-refractivity contribution in [1.82, 2.24) is 5.32 Å². The van der Waals surface area contributed by atoms with Gasteiger partial charge in [0.05, 0.1) is 11.7 Å². The van der Waals surface area contributed by atoms with Gasteiger partial charge in [-0.15, -0.1) is 0 Å². The number of aliphatic hydroxyl groups excluding tert-OH is 1. The van der Waals surface area contributed by atoms with Crippen LogP contribution >= 0.6 is 0 Å². The van der Waals surface area contributed by atoms with Crippen LogP contribution in [0, 0.1) is 0 Å². The molecule has 0 spiro atoms. The molecule has 0 heterocycles. The van der Waals surface area contributed by atoms with Crippen molar-refractivity contribution >= 4 is 0 Å². The molecule has 0 saturated carbocycles. The van der Waals surface area contributed by atoms with Gasteiger partial charge in [-0.3, -0.25) is 0 Å². The molecule has 0 saturated heterocycles. The van der Waals surface area contributed by atoms with E-state index in [-0.39, 0.29) is 6.10 Å². The van der Waals surface area contributed by atoms with E-state index in [9.17, 15) is 10.2 Å². The molecule has 3 heteroatoms. The SMILES string of the molecule is CCC(O)CCNCCC(C)(C)O. The summed E-state index contributed by atoms with van der Waals surface area (Å²) in [6.07, 6.45) is 2.17. The third-order valence-electron chi connectivity index (χ3n) is 2.04. The van der Waals surface area contributed by atoms with Crippen LogP contribution in [0.1, 0.15) is 40.0 Å². The summed E-state index contributed by atoms with van der Waals surface area (Å²) in [5.74, 6) is 0. The zero-order valence-electron chi connectivity index (χ0n) is 9.01. The molecule has 13 heavy (non-hydrogen) atoms. The maximum absolute atomic E-state index is 9.38. The highest BCUT2D eigenvalue weighted by Crippen LogP contribution is 2.05. The molecule has 3 N–H and O–H groups in total. The van der Waals surface area contributed by atoms with Crippen LogP contribution in [0.5, 0.6) is 0 Å². The first kappa shape index (κ1) is 12.9. The lowest BCUT2D eigenvalue weighted by atomic mass is 10.1. The molecule has 0 radical (unpaired) electrons. The molecule has 0 fully saturated rings. The number of aliphatic hydroxyl groups is 2. The van der Waals surface area contributed by atoms with Crippen molar-refractivity contribution in [3.63, 3.8) is 0 Å². The van der Waals surface area contributed by atoms with Gasteiger partial charge in [-0.05, 0) is 46.2 Å². The number of hydrogen-bond donors (Lipinski definition) is 3. The summed E-state index contributed by atoms with van der Waals surface area (Å²) in [5.41, 5.74) is -0.587. The van der Waals surface area contributed by atoms with E-state index in [2.05, 4.69) is 5.32 Å². The quantitative estimate of drug-likeness (QED) is 0.522. The second kappa shape index (κ2) is 6.35. The number of hydrogen-bond acceptors (Lipinski definition) is 3. The van der Waals surface area contributed by atoms with Gasteiger partial charge in [0.25, 0.3) is 0 Å². The lowest BCUT2D eigenvalue weighted by Crippen LogP contribution is -2.28. The van der Waals surface area contributed by atoms with Crippen molar-refractivity contribution in [3.8, 4) is 0 Å². The fraction of sp³-hybridized carbons (Fsp3) is 1.00. The van der Waals surface area contributed by atoms with Crippen LogP contribution in [0.2, 0.25) is 0 Å². The molecule has 0 rings (SSSR count). The minimum absolute atomic E-state index is 0.186. The second-order valence-electron chi connectivity index (χ2n) is 4.16. The van der Waals surface area contributed by atoms with E-state index in [0.29, 0.717) is 0 Å². The Morgan fingerprint density at radius 3 is 2.38 bits per heavy atom. The van der Waals surface area contributed by atoms with Gasteiger partial charge in [0.15, 0.2) is 0 Å². The lowest BCUT2D eigenvalue weighted by molar-refractivity contribution is 0.0708. The lowest BCUT2D eigenvalue weighted by Gasteiger charge is -2.17. The minimum atomic E-state index is -0.587. The molecule has 0 aliphatic rings. The average molecular weight is 189 g/mol. The summed E-state index contributed by atoms with van der Waals surface area (Å²) in [6, 6.07) is 0. The van der Waals surface area contributed by atoms with E-state index in [1.807, 2.05) is 6.92 Å². The summed E-state index contributed by atoms with van der Waals surface area (Å²) < 4.78 is 0. The van der Waals surface area contributed by atoms with Crippen molar-refractivity contribution in [2.24, 2.45) is 0 Å². The van der Waals surface area contributed by atoms with Crippen LogP contribution < -0.4 is 5.32 Å². The molecular weight excluding hydrogens is 166 g/mol. The van der Waals surface area contributed by atoms with Crippen LogP contribution in [0.4, 0.5) is 0 Å². The van der Waals surface area contributed by atoms with Crippen molar-refractivity contribution < 1.29 is 10.2 Å². The standard InChI is InChI=1S/C10H23NO2/c1-4-9(12)5-7-11-8-6-10(2,3)13/h9,11-13H,4-8H2,1-3H3. The first-order valence-electron chi connectivity index (χ1n) is 5.07. The van der Waals surface area contributed by atoms with E-state index in [1.54, 1.807) is 13.8 Å². The summed E-state index contributed by atoms with van der Waals surface area (Å²) in [4.78, 5) is 0. The molecule has 0 aromatic heterocycles. The Morgan fingerprint density at radius 2 is 1.92 bits per heavy atom. The van der Waals surface area contributed by atoms with Gasteiger partial charge in [0.2, 0.25) is 0 Å². The molecule has 0 amide bonds. The van der Waals surface area contributed by atoms with E-state index in [4.69, 9.17) is 0 Å². The molecule has 1 atom stereocenters. The second-order valence-corrected chi connectivity index (χ2v) is 4.16. The van der Waals surface area contributed by atoms with Gasteiger partial charge >= 0.3 is 0 Å². The van der Waals surface area contributed by atoms with E-state index in [0.717, 1.165) is 32.4 Å². The van der Waals surface area contributed by atoms with E-state index in [1.165, 1.54) is 0 Å². The zero-order valence-corrected chi connectivity index (χ0v) is 9.01. The molecule has 0 aromatic rings. The molecule has 0 aliphatic heterocycles. The Labute approximate surface area is 81.2 Å². The van der Waals surface area contributed by atoms with Crippen LogP contribution in [-0.2, 0) is 0 Å². The zero-order chi connectivity index (χ0) is 10.3. The highest BCUT2D eigenvalue weighted by atomic mass is 16.3. The Hall–Kier alpha value is -0.120. The minimum Gasteiger partial charge on any atom is -0.393 e. The highest BCUT2D eigenvalue weighted by Gasteiger charge is 2.10. The average Bonchev–Trinajstić information content (AvgIpc) is 2.01. The maximum atomic E-state index is 9.38. The van der Waals surface area contributed by atoms with Gasteiger partial charge < -0.3 is 15.5 Å². The summed E-state index contributed by atoms with van der Waals surface area (Å²) in [7, 11) is 0. The topological polar surface area (TPSA) is 52.5 Å². The molecule has 0 bridgehead atoms. The first-order valence-corrected chi connectivity index (χ1v) is 5.07. The van der Waals surface area contributed by atoms with Crippen LogP contribution in [0.25, 0.3) is 0 Å². The monoisotopic (exact) mass is 189 g/mol. The van der Waals surface area contributed by atoms with Crippen molar-refractivity contribution in [2.75, 3.05) is 13.1 Å². The molecule has 80 valence electrons. The summed E-state index contributed by atoms with van der Waals surface area (Å²) >= 11 is 0. The predicted molar refractivity (Wildman–Crippen MR) is 54.7 cm³/mol. The van der Waals surface area contributed by atoms with E-state index >= 15 is 0 Å². The maximum Gasteiger partial charge on any atom is 0.0603 e. The van der Waals surface area contributed by atoms with Crippen LogP contribution in [-0.4, -0.2) is 35.0 Å². The Bertz CT molecular complexity index is 121. The summed E-state index contributed by atoms with van der Waals surface area (Å²) in [5, 5.41) is 21.8. The van der Waals surface area contributed by atoms with Crippen LogP contribution in [0.15, 0.2) is 0 Å². The van der Waals surface area contributed by atoms with Crippen molar-refractivity contribution in [2.45, 2.75) is 51.7 Å². The fourth-order valence-electron chi connectivity index (χ4n) is 0.992. The van der Waals surface area contributed by atoms with Crippen LogP contribution in [0.3, 0.4) is 0 Å². The largest absolute Gasteiger partial charge is 0.393 e. The molecule has 0 aromatic carbocycles. The van der Waals surface area contributed by atoms with Gasteiger partial charge in [0.1, 0.15) is 0 Å². The first-order chi connectivity index (χ1) is 5.95. The smallest absolute Gasteiger partial charge is 0.0603 e. The van der Waals surface area contributed by atoms with Crippen molar-refractivity contribution in [3.05, 3.63) is 0 Å². The molecule has 3 nitrogen and oxygen atoms in total. The predicted octanol–water partition coefficient (Wildman–Crippen LogP) is 0.898. The number of rotatable bonds is 7. The fourth-order valence-corrected chi connectivity index (χ4v) is 0.992. The number of nitrogens with one attached hydrogen (secondary N) is 1. The van der Waals surface area contributed by atoms with Crippen molar-refractivity contribution in [1.29, 1.82) is 0 Å². The molecule has 1 unspecified atom stereocenters. The molecular formula is C10H23NO2. The van der Waals surface area contributed by atoms with Gasteiger partial charge in [0, 0.05) is 0 Å². The third-order valence-corrected chi connectivity index (χ3v) is 2.04. The Kier molecular flexibility index (Phi) is 6.29. The third kappa shape index (κ3) is 9.80. The van der Waals surface area contributed by atoms with Gasteiger partial charge in [-0.2, -0.15) is 0 Å². The van der Waals surface area contributed by atoms with Gasteiger partial charge in [-0.25, -0.2) is 0 Å². The van der Waals surface area contributed by atoms with Gasteiger partial charge in [-0.1, -0.05) is 6.92 Å². The molecule has 0 aliphatic carbocycles. The summed E-state index contributed by atoms with van der Waals surface area (Å²) in [6.45, 7) is 7.21. The highest BCUT2D eigenvalue weighted by molar-refractivity contribution is 4.66. The normalized spacial score (nSPS) is 14.5. The van der Waals surface area contributed by atoms with E-state index < -0.39 is 5.60 Å².